The van der Waals surface area contributed by atoms with Crippen LogP contribution >= 0.6 is 11.6 Å². The summed E-state index contributed by atoms with van der Waals surface area (Å²) in [6.45, 7) is 4.80. The monoisotopic (exact) mass is 397 g/mol. The molecular weight excluding hydrogens is 374 g/mol. The highest BCUT2D eigenvalue weighted by molar-refractivity contribution is 6.32. The van der Waals surface area contributed by atoms with E-state index in [1.54, 1.807) is 24.1 Å². The maximum absolute atomic E-state index is 12.5. The van der Waals surface area contributed by atoms with Gasteiger partial charge in [0, 0.05) is 24.8 Å². The molecule has 0 aliphatic rings. The van der Waals surface area contributed by atoms with Crippen LogP contribution in [0.4, 0.5) is 0 Å². The van der Waals surface area contributed by atoms with Gasteiger partial charge in [-0.05, 0) is 38.1 Å². The number of benzene rings is 2. The molecule has 3 aromatic rings. The minimum atomic E-state index is 0.0123. The molecule has 0 bridgehead atoms. The number of carbonyl (C=O) groups excluding carboxylic acids is 1. The van der Waals surface area contributed by atoms with Crippen molar-refractivity contribution in [2.24, 2.45) is 0 Å². The first-order valence-corrected chi connectivity index (χ1v) is 9.57. The second kappa shape index (κ2) is 8.93. The van der Waals surface area contributed by atoms with Gasteiger partial charge in [-0.3, -0.25) is 4.79 Å². The third-order valence-corrected chi connectivity index (χ3v) is 4.99. The van der Waals surface area contributed by atoms with Gasteiger partial charge < -0.3 is 9.64 Å². The first kappa shape index (κ1) is 20.0. The molecule has 0 N–H and O–H groups in total. The molecule has 0 aliphatic carbocycles. The van der Waals surface area contributed by atoms with E-state index in [1.807, 2.05) is 61.0 Å². The Morgan fingerprint density at radius 2 is 1.79 bits per heavy atom. The Balaban J connectivity index is 1.61. The molecule has 0 saturated heterocycles. The molecule has 0 saturated carbocycles. The predicted molar refractivity (Wildman–Crippen MR) is 111 cm³/mol. The number of hydrogen-bond donors (Lipinski definition) is 0. The number of aromatic nitrogens is 2. The van der Waals surface area contributed by atoms with Crippen molar-refractivity contribution in [3.8, 4) is 11.4 Å². The number of ether oxygens (including phenoxy) is 1. The number of para-hydroxylation sites is 2. The Bertz CT molecular complexity index is 954. The van der Waals surface area contributed by atoms with E-state index in [2.05, 4.69) is 5.10 Å². The van der Waals surface area contributed by atoms with E-state index in [0.717, 1.165) is 22.6 Å². The smallest absolute Gasteiger partial charge is 0.226 e. The zero-order chi connectivity index (χ0) is 20.1. The number of aryl methyl sites for hydroxylation is 1. The van der Waals surface area contributed by atoms with Crippen molar-refractivity contribution in [2.45, 2.75) is 26.8 Å². The molecule has 3 rings (SSSR count). The lowest BCUT2D eigenvalue weighted by molar-refractivity contribution is -0.130. The number of hydrogen-bond acceptors (Lipinski definition) is 3. The Kier molecular flexibility index (Phi) is 6.37. The van der Waals surface area contributed by atoms with E-state index >= 15 is 0 Å². The fourth-order valence-corrected chi connectivity index (χ4v) is 3.24. The lowest BCUT2D eigenvalue weighted by atomic mass is 10.2. The number of halogens is 1. The quantitative estimate of drug-likeness (QED) is 0.586. The maximum atomic E-state index is 12.5. The Labute approximate surface area is 170 Å². The van der Waals surface area contributed by atoms with Gasteiger partial charge in [0.25, 0.3) is 0 Å². The minimum absolute atomic E-state index is 0.0123. The van der Waals surface area contributed by atoms with E-state index in [1.165, 1.54) is 0 Å². The molecule has 0 spiro atoms. The number of nitrogens with zero attached hydrogens (tertiary/aromatic N) is 3. The van der Waals surface area contributed by atoms with E-state index in [4.69, 9.17) is 16.3 Å². The van der Waals surface area contributed by atoms with Gasteiger partial charge in [0.2, 0.25) is 5.91 Å². The molecule has 0 unspecified atom stereocenters. The summed E-state index contributed by atoms with van der Waals surface area (Å²) in [6, 6.07) is 17.2. The van der Waals surface area contributed by atoms with Crippen molar-refractivity contribution in [2.75, 3.05) is 13.7 Å². The van der Waals surface area contributed by atoms with Gasteiger partial charge >= 0.3 is 0 Å². The number of amides is 1. The average molecular weight is 398 g/mol. The molecule has 5 nitrogen and oxygen atoms in total. The summed E-state index contributed by atoms with van der Waals surface area (Å²) in [5.74, 6) is 0.605. The molecule has 0 fully saturated rings. The summed E-state index contributed by atoms with van der Waals surface area (Å²) in [6.07, 6.45) is 0.284. The first-order valence-electron chi connectivity index (χ1n) is 9.19. The van der Waals surface area contributed by atoms with Gasteiger partial charge in [0.05, 0.1) is 29.4 Å². The van der Waals surface area contributed by atoms with E-state index in [0.29, 0.717) is 17.3 Å². The topological polar surface area (TPSA) is 47.4 Å². The standard InChI is InChI=1S/C22H24ClN3O2/c1-16-19(17(2)26(24-16)18-9-5-4-6-10-18)15-25(3)22(27)13-14-28-21-12-8-7-11-20(21)23/h4-12H,13-15H2,1-3H3. The molecule has 28 heavy (non-hydrogen) atoms. The van der Waals surface area contributed by atoms with E-state index in [-0.39, 0.29) is 18.9 Å². The first-order chi connectivity index (χ1) is 13.5. The second-order valence-electron chi connectivity index (χ2n) is 6.68. The normalized spacial score (nSPS) is 10.7. The molecule has 1 heterocycles. The van der Waals surface area contributed by atoms with Crippen molar-refractivity contribution in [1.82, 2.24) is 14.7 Å². The Morgan fingerprint density at radius 3 is 2.50 bits per heavy atom. The molecule has 0 atom stereocenters. The van der Waals surface area contributed by atoms with Crippen LogP contribution in [0.5, 0.6) is 5.75 Å². The highest BCUT2D eigenvalue weighted by atomic mass is 35.5. The van der Waals surface area contributed by atoms with E-state index < -0.39 is 0 Å². The summed E-state index contributed by atoms with van der Waals surface area (Å²) < 4.78 is 7.54. The zero-order valence-corrected chi connectivity index (χ0v) is 17.1. The van der Waals surface area contributed by atoms with Gasteiger partial charge in [-0.2, -0.15) is 5.10 Å². The van der Waals surface area contributed by atoms with Crippen LogP contribution in [0.3, 0.4) is 0 Å². The molecule has 146 valence electrons. The molecule has 2 aromatic carbocycles. The number of rotatable bonds is 7. The summed E-state index contributed by atoms with van der Waals surface area (Å²) in [5, 5.41) is 5.19. The van der Waals surface area contributed by atoms with Crippen molar-refractivity contribution in [3.05, 3.63) is 76.6 Å². The van der Waals surface area contributed by atoms with Crippen molar-refractivity contribution >= 4 is 17.5 Å². The van der Waals surface area contributed by atoms with Crippen molar-refractivity contribution in [1.29, 1.82) is 0 Å². The van der Waals surface area contributed by atoms with Crippen LogP contribution in [0.1, 0.15) is 23.4 Å². The molecule has 1 aromatic heterocycles. The molecular formula is C22H24ClN3O2. The van der Waals surface area contributed by atoms with Gasteiger partial charge in [-0.15, -0.1) is 0 Å². The van der Waals surface area contributed by atoms with Crippen LogP contribution in [0.25, 0.3) is 5.69 Å². The number of carbonyl (C=O) groups is 1. The second-order valence-corrected chi connectivity index (χ2v) is 7.08. The van der Waals surface area contributed by atoms with E-state index in [9.17, 15) is 4.79 Å². The largest absolute Gasteiger partial charge is 0.491 e. The Morgan fingerprint density at radius 1 is 1.11 bits per heavy atom. The Hall–Kier alpha value is -2.79. The minimum Gasteiger partial charge on any atom is -0.491 e. The van der Waals surface area contributed by atoms with Gasteiger partial charge in [0.1, 0.15) is 5.75 Å². The van der Waals surface area contributed by atoms with Crippen LogP contribution in [-0.4, -0.2) is 34.2 Å². The van der Waals surface area contributed by atoms with Crippen molar-refractivity contribution in [3.63, 3.8) is 0 Å². The van der Waals surface area contributed by atoms with Gasteiger partial charge in [0.15, 0.2) is 0 Å². The molecule has 1 amide bonds. The summed E-state index contributed by atoms with van der Waals surface area (Å²) in [5.41, 5.74) is 4.03. The van der Waals surface area contributed by atoms with Crippen LogP contribution < -0.4 is 4.74 Å². The van der Waals surface area contributed by atoms with Gasteiger partial charge in [-0.25, -0.2) is 4.68 Å². The van der Waals surface area contributed by atoms with Crippen LogP contribution in [0.2, 0.25) is 5.02 Å². The highest BCUT2D eigenvalue weighted by Crippen LogP contribution is 2.23. The van der Waals surface area contributed by atoms with Crippen LogP contribution in [0.15, 0.2) is 54.6 Å². The van der Waals surface area contributed by atoms with Crippen LogP contribution in [0, 0.1) is 13.8 Å². The SMILES string of the molecule is Cc1nn(-c2ccccc2)c(C)c1CN(C)C(=O)CCOc1ccccc1Cl. The maximum Gasteiger partial charge on any atom is 0.226 e. The average Bonchev–Trinajstić information content (AvgIpc) is 2.98. The van der Waals surface area contributed by atoms with Crippen LogP contribution in [-0.2, 0) is 11.3 Å². The van der Waals surface area contributed by atoms with Gasteiger partial charge in [-0.1, -0.05) is 41.9 Å². The fourth-order valence-electron chi connectivity index (χ4n) is 3.05. The summed E-state index contributed by atoms with van der Waals surface area (Å²) >= 11 is 6.07. The summed E-state index contributed by atoms with van der Waals surface area (Å²) in [7, 11) is 1.80. The van der Waals surface area contributed by atoms with Crippen molar-refractivity contribution < 1.29 is 9.53 Å². The fraction of sp³-hybridized carbons (Fsp3) is 0.273. The third kappa shape index (κ3) is 4.54. The highest BCUT2D eigenvalue weighted by Gasteiger charge is 2.17. The zero-order valence-electron chi connectivity index (χ0n) is 16.4. The molecule has 0 aliphatic heterocycles. The molecule has 0 radical (unpaired) electrons. The third-order valence-electron chi connectivity index (χ3n) is 4.67. The summed E-state index contributed by atoms with van der Waals surface area (Å²) in [4.78, 5) is 14.2. The lowest BCUT2D eigenvalue weighted by Gasteiger charge is -2.18. The predicted octanol–water partition coefficient (Wildman–Crippen LogP) is 4.57. The lowest BCUT2D eigenvalue weighted by Crippen LogP contribution is -2.28. The molecule has 6 heteroatoms.